The third-order valence-corrected chi connectivity index (χ3v) is 5.72. The molecule has 1 atom stereocenters. The van der Waals surface area contributed by atoms with E-state index in [9.17, 15) is 8.78 Å². The smallest absolute Gasteiger partial charge is 0.191 e. The molecule has 1 heterocycles. The molecule has 10 heteroatoms. The predicted octanol–water partition coefficient (Wildman–Crippen LogP) is 5.16. The monoisotopic (exact) mass is 457 g/mol. The SMILES string of the molecule is COC(Cn1cncn1)(c1ccc(Cl)cc1F)C1(Oc2c(F)cc(Cl)cc2F)CC1. The molecule has 3 aromatic rings. The van der Waals surface area contributed by atoms with Crippen molar-refractivity contribution in [3.63, 3.8) is 0 Å². The van der Waals surface area contributed by atoms with Gasteiger partial charge in [0.15, 0.2) is 23.0 Å². The number of benzene rings is 2. The molecule has 0 aliphatic heterocycles. The van der Waals surface area contributed by atoms with Crippen LogP contribution in [0.1, 0.15) is 18.4 Å². The fraction of sp³-hybridized carbons (Fsp3) is 0.300. The molecule has 2 aromatic carbocycles. The maximum atomic E-state index is 15.0. The lowest BCUT2D eigenvalue weighted by atomic mass is 9.84. The van der Waals surface area contributed by atoms with E-state index in [1.54, 1.807) is 0 Å². The first-order valence-corrected chi connectivity index (χ1v) is 9.72. The first kappa shape index (κ1) is 21.0. The van der Waals surface area contributed by atoms with Gasteiger partial charge in [-0.15, -0.1) is 0 Å². The van der Waals surface area contributed by atoms with Gasteiger partial charge in [0.2, 0.25) is 0 Å². The number of ether oxygens (including phenoxy) is 2. The highest BCUT2D eigenvalue weighted by atomic mass is 35.5. The van der Waals surface area contributed by atoms with E-state index in [1.165, 1.54) is 36.6 Å². The number of hydrogen-bond acceptors (Lipinski definition) is 4. The van der Waals surface area contributed by atoms with Crippen molar-refractivity contribution in [1.82, 2.24) is 14.8 Å². The Balaban J connectivity index is 1.85. The van der Waals surface area contributed by atoms with Gasteiger partial charge in [0.05, 0.1) is 6.54 Å². The van der Waals surface area contributed by atoms with E-state index in [-0.39, 0.29) is 22.2 Å². The molecular formula is C20H16Cl2F3N3O2. The molecule has 1 fully saturated rings. The number of nitrogens with zero attached hydrogens (tertiary/aromatic N) is 3. The minimum Gasteiger partial charge on any atom is -0.478 e. The second-order valence-electron chi connectivity index (χ2n) is 7.04. The van der Waals surface area contributed by atoms with Crippen molar-refractivity contribution in [2.45, 2.75) is 30.6 Å². The fourth-order valence-corrected chi connectivity index (χ4v) is 4.07. The van der Waals surface area contributed by atoms with Crippen molar-refractivity contribution in [3.8, 4) is 5.75 Å². The lowest BCUT2D eigenvalue weighted by Crippen LogP contribution is -2.51. The first-order chi connectivity index (χ1) is 14.3. The Morgan fingerprint density at radius 3 is 2.27 bits per heavy atom. The van der Waals surface area contributed by atoms with Gasteiger partial charge >= 0.3 is 0 Å². The summed E-state index contributed by atoms with van der Waals surface area (Å²) in [4.78, 5) is 3.90. The normalized spacial score (nSPS) is 16.9. The van der Waals surface area contributed by atoms with Crippen molar-refractivity contribution in [1.29, 1.82) is 0 Å². The summed E-state index contributed by atoms with van der Waals surface area (Å²) >= 11 is 11.6. The highest BCUT2D eigenvalue weighted by molar-refractivity contribution is 6.30. The Hall–Kier alpha value is -2.29. The first-order valence-electron chi connectivity index (χ1n) is 8.97. The maximum absolute atomic E-state index is 15.0. The summed E-state index contributed by atoms with van der Waals surface area (Å²) in [5.74, 6) is -3.18. The van der Waals surface area contributed by atoms with Crippen molar-refractivity contribution >= 4 is 23.2 Å². The Morgan fingerprint density at radius 1 is 1.07 bits per heavy atom. The molecule has 0 bridgehead atoms. The van der Waals surface area contributed by atoms with E-state index in [2.05, 4.69) is 10.1 Å². The molecule has 0 amide bonds. The van der Waals surface area contributed by atoms with Crippen molar-refractivity contribution in [3.05, 3.63) is 76.0 Å². The van der Waals surface area contributed by atoms with Crippen LogP contribution in [0.5, 0.6) is 5.75 Å². The maximum Gasteiger partial charge on any atom is 0.191 e. The highest BCUT2D eigenvalue weighted by Crippen LogP contribution is 2.56. The van der Waals surface area contributed by atoms with Crippen LogP contribution in [0.25, 0.3) is 0 Å². The Labute approximate surface area is 180 Å². The molecule has 1 aliphatic carbocycles. The molecule has 1 saturated carbocycles. The van der Waals surface area contributed by atoms with Crippen molar-refractivity contribution in [2.75, 3.05) is 7.11 Å². The summed E-state index contributed by atoms with van der Waals surface area (Å²) in [6, 6.07) is 6.02. The summed E-state index contributed by atoms with van der Waals surface area (Å²) in [6.07, 6.45) is 3.47. The van der Waals surface area contributed by atoms with Crippen LogP contribution < -0.4 is 4.74 Å². The van der Waals surface area contributed by atoms with E-state index < -0.39 is 34.4 Å². The fourth-order valence-electron chi connectivity index (χ4n) is 3.72. The molecule has 1 aromatic heterocycles. The molecule has 0 radical (unpaired) electrons. The van der Waals surface area contributed by atoms with Crippen LogP contribution in [0.3, 0.4) is 0 Å². The molecule has 30 heavy (non-hydrogen) atoms. The summed E-state index contributed by atoms with van der Waals surface area (Å²) in [7, 11) is 1.38. The Morgan fingerprint density at radius 2 is 1.73 bits per heavy atom. The molecule has 1 aliphatic rings. The zero-order valence-electron chi connectivity index (χ0n) is 15.7. The van der Waals surface area contributed by atoms with Crippen LogP contribution in [0.2, 0.25) is 10.0 Å². The second kappa shape index (κ2) is 7.76. The summed E-state index contributed by atoms with van der Waals surface area (Å²) in [5, 5.41) is 4.16. The van der Waals surface area contributed by atoms with Crippen LogP contribution >= 0.6 is 23.2 Å². The Kier molecular flexibility index (Phi) is 5.42. The molecule has 0 N–H and O–H groups in total. The largest absolute Gasteiger partial charge is 0.478 e. The quantitative estimate of drug-likeness (QED) is 0.491. The van der Waals surface area contributed by atoms with Crippen LogP contribution in [0.15, 0.2) is 43.0 Å². The van der Waals surface area contributed by atoms with Gasteiger partial charge in [0.1, 0.15) is 24.1 Å². The molecular weight excluding hydrogens is 442 g/mol. The lowest BCUT2D eigenvalue weighted by Gasteiger charge is -2.40. The Bertz CT molecular complexity index is 1050. The van der Waals surface area contributed by atoms with E-state index >= 15 is 4.39 Å². The molecule has 0 spiro atoms. The van der Waals surface area contributed by atoms with E-state index in [1.807, 2.05) is 0 Å². The number of halogens is 5. The second-order valence-corrected chi connectivity index (χ2v) is 7.92. The number of methoxy groups -OCH3 is 1. The standard InChI is InChI=1S/C20H16Cl2F3N3O2/c1-29-20(9-28-11-26-10-27-28,14-3-2-12(21)6-15(14)23)19(4-5-19)30-18-16(24)7-13(22)8-17(18)25/h2-3,6-8,10-11H,4-5,9H2,1H3. The van der Waals surface area contributed by atoms with Gasteiger partial charge < -0.3 is 9.47 Å². The van der Waals surface area contributed by atoms with Gasteiger partial charge in [-0.1, -0.05) is 29.3 Å². The summed E-state index contributed by atoms with van der Waals surface area (Å²) in [6.45, 7) is -0.0150. The number of hydrogen-bond donors (Lipinski definition) is 0. The van der Waals surface area contributed by atoms with Gasteiger partial charge in [-0.05, 0) is 37.1 Å². The van der Waals surface area contributed by atoms with Gasteiger partial charge in [-0.2, -0.15) is 5.10 Å². The van der Waals surface area contributed by atoms with Gasteiger partial charge in [0, 0.05) is 22.7 Å². The average Bonchev–Trinajstić information content (AvgIpc) is 3.30. The molecule has 0 saturated heterocycles. The molecule has 5 nitrogen and oxygen atoms in total. The molecule has 4 rings (SSSR count). The minimum absolute atomic E-state index is 0.0150. The highest BCUT2D eigenvalue weighted by Gasteiger charge is 2.65. The third kappa shape index (κ3) is 3.53. The minimum atomic E-state index is -1.48. The van der Waals surface area contributed by atoms with E-state index in [4.69, 9.17) is 32.7 Å². The molecule has 1 unspecified atom stereocenters. The number of rotatable bonds is 7. The zero-order valence-corrected chi connectivity index (χ0v) is 17.2. The van der Waals surface area contributed by atoms with Crippen LogP contribution in [0.4, 0.5) is 13.2 Å². The topological polar surface area (TPSA) is 49.2 Å². The van der Waals surface area contributed by atoms with Crippen molar-refractivity contribution < 1.29 is 22.6 Å². The third-order valence-electron chi connectivity index (χ3n) is 5.27. The van der Waals surface area contributed by atoms with Crippen LogP contribution in [0, 0.1) is 17.5 Å². The number of aromatic nitrogens is 3. The molecule has 158 valence electrons. The van der Waals surface area contributed by atoms with Crippen molar-refractivity contribution in [2.24, 2.45) is 0 Å². The summed E-state index contributed by atoms with van der Waals surface area (Å²) < 4.78 is 57.1. The lowest BCUT2D eigenvalue weighted by molar-refractivity contribution is -0.129. The van der Waals surface area contributed by atoms with Crippen LogP contribution in [-0.4, -0.2) is 27.5 Å². The van der Waals surface area contributed by atoms with E-state index in [0.717, 1.165) is 18.2 Å². The van der Waals surface area contributed by atoms with Gasteiger partial charge in [-0.25, -0.2) is 22.8 Å². The van der Waals surface area contributed by atoms with Gasteiger partial charge in [0.25, 0.3) is 0 Å². The predicted molar refractivity (Wildman–Crippen MR) is 104 cm³/mol. The van der Waals surface area contributed by atoms with Gasteiger partial charge in [-0.3, -0.25) is 0 Å². The summed E-state index contributed by atoms with van der Waals surface area (Å²) in [5.41, 5.74) is -2.62. The van der Waals surface area contributed by atoms with E-state index in [0.29, 0.717) is 12.8 Å². The zero-order chi connectivity index (χ0) is 21.5. The average molecular weight is 458 g/mol. The van der Waals surface area contributed by atoms with Crippen LogP contribution in [-0.2, 0) is 16.9 Å².